The zero-order valence-electron chi connectivity index (χ0n) is 12.9. The molecular formula is C17H21FN2O3. The normalized spacial score (nSPS) is 17.3. The van der Waals surface area contributed by atoms with Gasteiger partial charge in [-0.3, -0.25) is 9.59 Å². The summed E-state index contributed by atoms with van der Waals surface area (Å²) in [6.45, 7) is 4.07. The lowest BCUT2D eigenvalue weighted by molar-refractivity contribution is -0.117. The van der Waals surface area contributed by atoms with Crippen LogP contribution in [0.5, 0.6) is 0 Å². The molecule has 1 fully saturated rings. The lowest BCUT2D eigenvalue weighted by atomic mass is 10.0. The minimum atomic E-state index is -0.575. The second-order valence-corrected chi connectivity index (χ2v) is 5.46. The van der Waals surface area contributed by atoms with Gasteiger partial charge in [0, 0.05) is 18.7 Å². The number of benzene rings is 1. The van der Waals surface area contributed by atoms with Crippen molar-refractivity contribution in [3.63, 3.8) is 0 Å². The van der Waals surface area contributed by atoms with Crippen LogP contribution in [-0.4, -0.2) is 24.5 Å². The van der Waals surface area contributed by atoms with Crippen molar-refractivity contribution in [2.24, 2.45) is 0 Å². The first-order chi connectivity index (χ1) is 11.1. The van der Waals surface area contributed by atoms with Gasteiger partial charge in [0.15, 0.2) is 0 Å². The lowest BCUT2D eigenvalue weighted by Crippen LogP contribution is -2.21. The Morgan fingerprint density at radius 1 is 1.35 bits per heavy atom. The largest absolute Gasteiger partial charge is 0.378 e. The van der Waals surface area contributed by atoms with Crippen LogP contribution in [0, 0.1) is 5.82 Å². The van der Waals surface area contributed by atoms with Gasteiger partial charge in [-0.05, 0) is 50.0 Å². The molecule has 0 aliphatic carbocycles. The molecule has 5 nitrogen and oxygen atoms in total. The van der Waals surface area contributed by atoms with E-state index in [2.05, 4.69) is 17.2 Å². The third-order valence-electron chi connectivity index (χ3n) is 3.66. The van der Waals surface area contributed by atoms with E-state index < -0.39 is 11.7 Å². The first kappa shape index (κ1) is 17.1. The van der Waals surface area contributed by atoms with E-state index in [1.54, 1.807) is 0 Å². The highest BCUT2D eigenvalue weighted by molar-refractivity contribution is 5.99. The van der Waals surface area contributed by atoms with Crippen LogP contribution in [0.15, 0.2) is 30.9 Å². The molecule has 0 spiro atoms. The van der Waals surface area contributed by atoms with Crippen molar-refractivity contribution in [1.82, 2.24) is 0 Å². The highest BCUT2D eigenvalue weighted by atomic mass is 19.1. The number of anilines is 2. The second-order valence-electron chi connectivity index (χ2n) is 5.46. The van der Waals surface area contributed by atoms with Crippen molar-refractivity contribution >= 4 is 23.2 Å². The smallest absolute Gasteiger partial charge is 0.247 e. The first-order valence-corrected chi connectivity index (χ1v) is 7.73. The number of carbonyl (C=O) groups is 2. The van der Waals surface area contributed by atoms with Crippen LogP contribution in [0.25, 0.3) is 0 Å². The SMILES string of the molecule is C=CC(=O)Nc1cc(NC(=O)CCC2CCCCO2)ccc1F. The van der Waals surface area contributed by atoms with Crippen LogP contribution >= 0.6 is 0 Å². The fourth-order valence-electron chi connectivity index (χ4n) is 2.43. The van der Waals surface area contributed by atoms with E-state index in [0.29, 0.717) is 18.5 Å². The van der Waals surface area contributed by atoms with Gasteiger partial charge < -0.3 is 15.4 Å². The number of ether oxygens (including phenoxy) is 1. The minimum Gasteiger partial charge on any atom is -0.378 e. The molecule has 0 aromatic heterocycles. The number of hydrogen-bond acceptors (Lipinski definition) is 3. The fourth-order valence-corrected chi connectivity index (χ4v) is 2.43. The maximum Gasteiger partial charge on any atom is 0.247 e. The van der Waals surface area contributed by atoms with Crippen LogP contribution in [-0.2, 0) is 14.3 Å². The van der Waals surface area contributed by atoms with Gasteiger partial charge in [0.2, 0.25) is 11.8 Å². The number of nitrogens with one attached hydrogen (secondary N) is 2. The average Bonchev–Trinajstić information content (AvgIpc) is 2.57. The van der Waals surface area contributed by atoms with Gasteiger partial charge in [-0.15, -0.1) is 0 Å². The van der Waals surface area contributed by atoms with E-state index in [9.17, 15) is 14.0 Å². The number of amides is 2. The summed E-state index contributed by atoms with van der Waals surface area (Å²) in [5.41, 5.74) is 0.434. The van der Waals surface area contributed by atoms with Crippen molar-refractivity contribution in [2.75, 3.05) is 17.2 Å². The molecule has 1 aromatic carbocycles. The van der Waals surface area contributed by atoms with Crippen molar-refractivity contribution in [2.45, 2.75) is 38.2 Å². The molecule has 6 heteroatoms. The Kier molecular flexibility index (Phi) is 6.29. The lowest BCUT2D eigenvalue weighted by Gasteiger charge is -2.22. The molecule has 1 saturated heterocycles. The molecule has 1 atom stereocenters. The first-order valence-electron chi connectivity index (χ1n) is 7.73. The summed E-state index contributed by atoms with van der Waals surface area (Å²) in [6, 6.07) is 4.03. The van der Waals surface area contributed by atoms with Crippen LogP contribution in [0.4, 0.5) is 15.8 Å². The Morgan fingerprint density at radius 2 is 2.17 bits per heavy atom. The number of carbonyl (C=O) groups excluding carboxylic acids is 2. The maximum absolute atomic E-state index is 13.6. The summed E-state index contributed by atoms with van der Waals surface area (Å²) in [7, 11) is 0. The predicted molar refractivity (Wildman–Crippen MR) is 86.7 cm³/mol. The van der Waals surface area contributed by atoms with Gasteiger partial charge >= 0.3 is 0 Å². The molecule has 2 N–H and O–H groups in total. The van der Waals surface area contributed by atoms with Crippen LogP contribution in [0.1, 0.15) is 32.1 Å². The van der Waals surface area contributed by atoms with Gasteiger partial charge in [-0.2, -0.15) is 0 Å². The molecule has 1 heterocycles. The van der Waals surface area contributed by atoms with Crippen molar-refractivity contribution in [1.29, 1.82) is 0 Å². The maximum atomic E-state index is 13.6. The van der Waals surface area contributed by atoms with E-state index >= 15 is 0 Å². The Morgan fingerprint density at radius 3 is 2.87 bits per heavy atom. The molecule has 23 heavy (non-hydrogen) atoms. The van der Waals surface area contributed by atoms with E-state index in [0.717, 1.165) is 31.9 Å². The molecular weight excluding hydrogens is 299 g/mol. The van der Waals surface area contributed by atoms with E-state index in [1.807, 2.05) is 0 Å². The van der Waals surface area contributed by atoms with E-state index in [4.69, 9.17) is 4.74 Å². The summed E-state index contributed by atoms with van der Waals surface area (Å²) in [5.74, 6) is -1.25. The summed E-state index contributed by atoms with van der Waals surface area (Å²) in [4.78, 5) is 23.2. The molecule has 1 unspecified atom stereocenters. The van der Waals surface area contributed by atoms with Crippen molar-refractivity contribution in [3.05, 3.63) is 36.7 Å². The van der Waals surface area contributed by atoms with Crippen LogP contribution < -0.4 is 10.6 Å². The highest BCUT2D eigenvalue weighted by Crippen LogP contribution is 2.21. The Hall–Kier alpha value is -2.21. The van der Waals surface area contributed by atoms with Gasteiger partial charge in [-0.1, -0.05) is 6.58 Å². The quantitative estimate of drug-likeness (QED) is 0.791. The summed E-state index contributed by atoms with van der Waals surface area (Å²) in [6.07, 6.45) is 5.42. The minimum absolute atomic E-state index is 0.00307. The third kappa shape index (κ3) is 5.49. The second kappa shape index (κ2) is 8.43. The molecule has 2 amide bonds. The Labute approximate surface area is 134 Å². The Balaban J connectivity index is 1.88. The fraction of sp³-hybridized carbons (Fsp3) is 0.412. The molecule has 0 saturated carbocycles. The van der Waals surface area contributed by atoms with Crippen molar-refractivity contribution in [3.8, 4) is 0 Å². The molecule has 1 aromatic rings. The third-order valence-corrected chi connectivity index (χ3v) is 3.66. The molecule has 2 rings (SSSR count). The molecule has 1 aliphatic rings. The topological polar surface area (TPSA) is 67.4 Å². The molecule has 0 radical (unpaired) electrons. The number of rotatable bonds is 6. The summed E-state index contributed by atoms with van der Waals surface area (Å²) in [5, 5.41) is 5.06. The van der Waals surface area contributed by atoms with Crippen LogP contribution in [0.3, 0.4) is 0 Å². The van der Waals surface area contributed by atoms with Gasteiger partial charge in [0.25, 0.3) is 0 Å². The van der Waals surface area contributed by atoms with E-state index in [1.165, 1.54) is 18.2 Å². The van der Waals surface area contributed by atoms with Crippen molar-refractivity contribution < 1.29 is 18.7 Å². The molecule has 124 valence electrons. The van der Waals surface area contributed by atoms with Gasteiger partial charge in [0.05, 0.1) is 11.8 Å². The zero-order valence-corrected chi connectivity index (χ0v) is 12.9. The summed E-state index contributed by atoms with van der Waals surface area (Å²) >= 11 is 0. The van der Waals surface area contributed by atoms with Gasteiger partial charge in [-0.25, -0.2) is 4.39 Å². The van der Waals surface area contributed by atoms with Gasteiger partial charge in [0.1, 0.15) is 5.82 Å². The summed E-state index contributed by atoms with van der Waals surface area (Å²) < 4.78 is 19.2. The molecule has 1 aliphatic heterocycles. The Bertz CT molecular complexity index is 583. The molecule has 0 bridgehead atoms. The van der Waals surface area contributed by atoms with E-state index in [-0.39, 0.29) is 17.7 Å². The number of halogens is 1. The monoisotopic (exact) mass is 320 g/mol. The average molecular weight is 320 g/mol. The predicted octanol–water partition coefficient (Wildman–Crippen LogP) is 3.24. The number of hydrogen-bond donors (Lipinski definition) is 2. The highest BCUT2D eigenvalue weighted by Gasteiger charge is 2.15. The van der Waals surface area contributed by atoms with Crippen LogP contribution in [0.2, 0.25) is 0 Å². The zero-order chi connectivity index (χ0) is 16.7. The standard InChI is InChI=1S/C17H21FN2O3/c1-2-16(21)20-15-11-12(6-8-14(15)18)19-17(22)9-7-13-5-3-4-10-23-13/h2,6,8,11,13H,1,3-5,7,9-10H2,(H,19,22)(H,20,21).